The first-order chi connectivity index (χ1) is 6.65. The molecule has 0 unspecified atom stereocenters. The van der Waals surface area contributed by atoms with Gasteiger partial charge in [-0.3, -0.25) is 9.63 Å². The molecule has 0 heterocycles. The minimum atomic E-state index is -0.349. The van der Waals surface area contributed by atoms with Crippen molar-refractivity contribution < 1.29 is 9.63 Å². The molecule has 0 bridgehead atoms. The monoisotopic (exact) mass is 277 g/mol. The van der Waals surface area contributed by atoms with Crippen molar-refractivity contribution in [2.45, 2.75) is 6.92 Å². The molecule has 0 saturated heterocycles. The Balaban J connectivity index is 2.83. The Morgan fingerprint density at radius 1 is 1.64 bits per heavy atom. The van der Waals surface area contributed by atoms with Gasteiger partial charge in [0.05, 0.1) is 17.2 Å². The van der Waals surface area contributed by atoms with E-state index in [1.54, 1.807) is 25.1 Å². The highest BCUT2D eigenvalue weighted by Crippen LogP contribution is 2.20. The summed E-state index contributed by atoms with van der Waals surface area (Å²) < 4.78 is 0.795. The zero-order chi connectivity index (χ0) is 10.6. The van der Waals surface area contributed by atoms with Gasteiger partial charge in [-0.15, -0.1) is 0 Å². The highest BCUT2D eigenvalue weighted by atomic mass is 79.9. The summed E-state index contributed by atoms with van der Waals surface area (Å²) in [6.07, 6.45) is 0. The van der Waals surface area contributed by atoms with E-state index in [0.717, 1.165) is 4.47 Å². The van der Waals surface area contributed by atoms with Crippen molar-refractivity contribution in [3.8, 4) is 0 Å². The highest BCUT2D eigenvalue weighted by Gasteiger charge is 2.10. The average Bonchev–Trinajstić information content (AvgIpc) is 2.18. The van der Waals surface area contributed by atoms with Crippen LogP contribution in [0.3, 0.4) is 0 Å². The van der Waals surface area contributed by atoms with Crippen LogP contribution in [0.5, 0.6) is 0 Å². The second-order valence-corrected chi connectivity index (χ2v) is 3.81. The summed E-state index contributed by atoms with van der Waals surface area (Å²) in [5, 5.41) is 0.394. The molecule has 0 aliphatic rings. The third-order valence-electron chi connectivity index (χ3n) is 1.48. The van der Waals surface area contributed by atoms with Gasteiger partial charge in [-0.1, -0.05) is 27.5 Å². The van der Waals surface area contributed by atoms with Crippen LogP contribution in [0.25, 0.3) is 0 Å². The van der Waals surface area contributed by atoms with Crippen molar-refractivity contribution in [2.75, 3.05) is 6.61 Å². The predicted octanol–water partition coefficient (Wildman–Crippen LogP) is 2.78. The topological polar surface area (TPSA) is 38.3 Å². The van der Waals surface area contributed by atoms with E-state index in [1.165, 1.54) is 0 Å². The summed E-state index contributed by atoms with van der Waals surface area (Å²) in [5.74, 6) is -0.349. The fourth-order valence-corrected chi connectivity index (χ4v) is 1.43. The smallest absolute Gasteiger partial charge is 0.274 e. The number of rotatable bonds is 3. The Labute approximate surface area is 95.5 Å². The maximum absolute atomic E-state index is 11.4. The molecule has 0 aromatic heterocycles. The Morgan fingerprint density at radius 2 is 2.36 bits per heavy atom. The molecule has 0 aliphatic heterocycles. The van der Waals surface area contributed by atoms with Crippen LogP contribution < -0.4 is 5.48 Å². The number of halogens is 2. The van der Waals surface area contributed by atoms with Gasteiger partial charge in [0.15, 0.2) is 0 Å². The van der Waals surface area contributed by atoms with E-state index >= 15 is 0 Å². The van der Waals surface area contributed by atoms with Gasteiger partial charge in [-0.2, -0.15) is 0 Å². The predicted molar refractivity (Wildman–Crippen MR) is 58.2 cm³/mol. The first-order valence-corrected chi connectivity index (χ1v) is 5.19. The second kappa shape index (κ2) is 5.34. The quantitative estimate of drug-likeness (QED) is 0.864. The average molecular weight is 279 g/mol. The van der Waals surface area contributed by atoms with Crippen LogP contribution in [0.1, 0.15) is 17.3 Å². The zero-order valence-electron chi connectivity index (χ0n) is 7.51. The van der Waals surface area contributed by atoms with Crippen LogP contribution in [0.15, 0.2) is 22.7 Å². The molecule has 0 saturated carbocycles. The Hall–Kier alpha value is -0.580. The normalized spacial score (nSPS) is 9.93. The van der Waals surface area contributed by atoms with Crippen molar-refractivity contribution in [3.63, 3.8) is 0 Å². The van der Waals surface area contributed by atoms with Crippen LogP contribution in [-0.4, -0.2) is 12.5 Å². The maximum atomic E-state index is 11.4. The van der Waals surface area contributed by atoms with Crippen LogP contribution in [-0.2, 0) is 4.84 Å². The van der Waals surface area contributed by atoms with E-state index in [2.05, 4.69) is 21.4 Å². The molecule has 0 aliphatic carbocycles. The molecular formula is C9H9BrClNO2. The molecule has 0 spiro atoms. The van der Waals surface area contributed by atoms with E-state index in [1.807, 2.05) is 0 Å². The molecule has 1 aromatic rings. The van der Waals surface area contributed by atoms with E-state index in [0.29, 0.717) is 17.2 Å². The van der Waals surface area contributed by atoms with E-state index in [4.69, 9.17) is 16.4 Å². The summed E-state index contributed by atoms with van der Waals surface area (Å²) in [7, 11) is 0. The van der Waals surface area contributed by atoms with Crippen molar-refractivity contribution in [1.29, 1.82) is 0 Å². The lowest BCUT2D eigenvalue weighted by molar-refractivity contribution is 0.0364. The summed E-state index contributed by atoms with van der Waals surface area (Å²) in [6.45, 7) is 2.19. The third-order valence-corrected chi connectivity index (χ3v) is 2.31. The Kier molecular flexibility index (Phi) is 4.38. The second-order valence-electron chi connectivity index (χ2n) is 2.49. The SMILES string of the molecule is CCONC(=O)c1cc(Br)ccc1Cl. The number of amides is 1. The molecule has 1 rings (SSSR count). The number of carbonyl (C=O) groups excluding carboxylic acids is 1. The zero-order valence-corrected chi connectivity index (χ0v) is 9.85. The lowest BCUT2D eigenvalue weighted by Gasteiger charge is -2.05. The molecule has 76 valence electrons. The van der Waals surface area contributed by atoms with Crippen molar-refractivity contribution >= 4 is 33.4 Å². The minimum absolute atomic E-state index is 0.349. The van der Waals surface area contributed by atoms with Crippen molar-refractivity contribution in [1.82, 2.24) is 5.48 Å². The summed E-state index contributed by atoms with van der Waals surface area (Å²) >= 11 is 9.09. The maximum Gasteiger partial charge on any atom is 0.276 e. The molecule has 1 N–H and O–H groups in total. The van der Waals surface area contributed by atoms with Gasteiger partial charge in [0, 0.05) is 4.47 Å². The lowest BCUT2D eigenvalue weighted by atomic mass is 10.2. The molecule has 14 heavy (non-hydrogen) atoms. The highest BCUT2D eigenvalue weighted by molar-refractivity contribution is 9.10. The first-order valence-electron chi connectivity index (χ1n) is 4.02. The molecular weight excluding hydrogens is 269 g/mol. The molecule has 0 fully saturated rings. The first kappa shape index (κ1) is 11.5. The van der Waals surface area contributed by atoms with Crippen LogP contribution >= 0.6 is 27.5 Å². The van der Waals surface area contributed by atoms with Crippen LogP contribution in [0, 0.1) is 0 Å². The summed E-state index contributed by atoms with van der Waals surface area (Å²) in [4.78, 5) is 16.2. The van der Waals surface area contributed by atoms with Gasteiger partial charge < -0.3 is 0 Å². The van der Waals surface area contributed by atoms with Gasteiger partial charge in [0.2, 0.25) is 0 Å². The fraction of sp³-hybridized carbons (Fsp3) is 0.222. The van der Waals surface area contributed by atoms with Crippen molar-refractivity contribution in [3.05, 3.63) is 33.3 Å². The Bertz CT molecular complexity index is 344. The lowest BCUT2D eigenvalue weighted by Crippen LogP contribution is -2.23. The number of benzene rings is 1. The molecule has 0 radical (unpaired) electrons. The van der Waals surface area contributed by atoms with Gasteiger partial charge >= 0.3 is 0 Å². The van der Waals surface area contributed by atoms with Crippen LogP contribution in [0.4, 0.5) is 0 Å². The number of hydrogen-bond donors (Lipinski definition) is 1. The molecule has 0 atom stereocenters. The van der Waals surface area contributed by atoms with Gasteiger partial charge in [-0.05, 0) is 25.1 Å². The summed E-state index contributed by atoms with van der Waals surface area (Å²) in [6, 6.07) is 5.04. The number of nitrogens with one attached hydrogen (secondary N) is 1. The van der Waals surface area contributed by atoms with Gasteiger partial charge in [-0.25, -0.2) is 5.48 Å². The summed E-state index contributed by atoms with van der Waals surface area (Å²) in [5.41, 5.74) is 2.66. The van der Waals surface area contributed by atoms with Gasteiger partial charge in [0.25, 0.3) is 5.91 Å². The Morgan fingerprint density at radius 3 is 3.00 bits per heavy atom. The molecule has 3 nitrogen and oxygen atoms in total. The number of hydroxylamine groups is 1. The van der Waals surface area contributed by atoms with Crippen LogP contribution in [0.2, 0.25) is 5.02 Å². The fourth-order valence-electron chi connectivity index (χ4n) is 0.864. The number of hydrogen-bond acceptors (Lipinski definition) is 2. The standard InChI is InChI=1S/C9H9BrClNO2/c1-2-14-12-9(13)7-5-6(10)3-4-8(7)11/h3-5H,2H2,1H3,(H,12,13). The number of carbonyl (C=O) groups is 1. The van der Waals surface area contributed by atoms with E-state index < -0.39 is 0 Å². The largest absolute Gasteiger partial charge is 0.276 e. The van der Waals surface area contributed by atoms with E-state index in [9.17, 15) is 4.79 Å². The molecule has 1 amide bonds. The van der Waals surface area contributed by atoms with Crippen molar-refractivity contribution in [2.24, 2.45) is 0 Å². The minimum Gasteiger partial charge on any atom is -0.274 e. The molecule has 5 heteroatoms. The third kappa shape index (κ3) is 2.97. The van der Waals surface area contributed by atoms with Gasteiger partial charge in [0.1, 0.15) is 0 Å². The molecule has 1 aromatic carbocycles. The van der Waals surface area contributed by atoms with E-state index in [-0.39, 0.29) is 5.91 Å².